The van der Waals surface area contributed by atoms with E-state index in [0.29, 0.717) is 17.8 Å². The largest absolute Gasteiger partial charge is 0.458 e. The minimum absolute atomic E-state index is 0.0628. The van der Waals surface area contributed by atoms with E-state index in [4.69, 9.17) is 4.74 Å². The molecule has 5 heteroatoms. The molecule has 240 valence electrons. The Kier molecular flexibility index (Phi) is 5.78. The molecule has 7 aromatic rings. The van der Waals surface area contributed by atoms with Crippen LogP contribution in [0.2, 0.25) is 0 Å². The van der Waals surface area contributed by atoms with Crippen LogP contribution in [0, 0.1) is 0 Å². The highest BCUT2D eigenvalue weighted by molar-refractivity contribution is 7.26. The Morgan fingerprint density at radius 2 is 1.26 bits per heavy atom. The Morgan fingerprint density at radius 3 is 2.06 bits per heavy atom. The molecule has 4 aliphatic heterocycles. The van der Waals surface area contributed by atoms with Crippen LogP contribution >= 0.6 is 11.3 Å². The average molecular weight is 661 g/mol. The van der Waals surface area contributed by atoms with Crippen molar-refractivity contribution < 1.29 is 4.74 Å². The van der Waals surface area contributed by atoms with Crippen molar-refractivity contribution in [2.24, 2.45) is 0 Å². The lowest BCUT2D eigenvalue weighted by Gasteiger charge is -2.50. The van der Waals surface area contributed by atoms with E-state index in [1.165, 1.54) is 97.8 Å². The number of ether oxygens (including phenoxy) is 1. The first-order chi connectivity index (χ1) is 24.3. The molecule has 0 spiro atoms. The summed E-state index contributed by atoms with van der Waals surface area (Å²) < 4.78 is 9.65. The molecule has 0 fully saturated rings. The van der Waals surface area contributed by atoms with E-state index in [9.17, 15) is 0 Å². The third-order valence-electron chi connectivity index (χ3n) is 12.0. The molecule has 0 radical (unpaired) electrons. The second-order valence-electron chi connectivity index (χ2n) is 15.8. The predicted molar refractivity (Wildman–Crippen MR) is 217 cm³/mol. The first-order valence-electron chi connectivity index (χ1n) is 18.3. The summed E-state index contributed by atoms with van der Waals surface area (Å²) in [6.07, 6.45) is 0. The number of anilines is 2. The summed E-state index contributed by atoms with van der Waals surface area (Å²) in [6, 6.07) is 37.7. The molecule has 0 amide bonds. The van der Waals surface area contributed by atoms with E-state index >= 15 is 0 Å². The lowest BCUT2D eigenvalue weighted by atomic mass is 9.31. The van der Waals surface area contributed by atoms with E-state index in [1.54, 1.807) is 0 Å². The molecule has 0 unspecified atom stereocenters. The molecule has 0 atom stereocenters. The number of thiophene rings is 1. The van der Waals surface area contributed by atoms with Gasteiger partial charge in [0.2, 0.25) is 0 Å². The first kappa shape index (κ1) is 29.0. The van der Waals surface area contributed by atoms with Crippen LogP contribution in [0.15, 0.2) is 97.1 Å². The highest BCUT2D eigenvalue weighted by atomic mass is 32.1. The molecule has 1 aromatic heterocycles. The Hall–Kier alpha value is -4.73. The minimum Gasteiger partial charge on any atom is -0.458 e. The summed E-state index contributed by atoms with van der Waals surface area (Å²) in [5, 5.41) is 2.72. The van der Waals surface area contributed by atoms with Gasteiger partial charge in [0.25, 0.3) is 6.71 Å². The second kappa shape index (κ2) is 9.95. The number of hydrogen-bond donors (Lipinski definition) is 0. The fraction of sp³-hybridized carbons (Fsp3) is 0.200. The van der Waals surface area contributed by atoms with Gasteiger partial charge in [-0.3, -0.25) is 0 Å². The van der Waals surface area contributed by atoms with Crippen LogP contribution in [-0.2, 0) is 0 Å². The van der Waals surface area contributed by atoms with Crippen LogP contribution in [0.1, 0.15) is 76.0 Å². The maximum absolute atomic E-state index is 6.88. The normalized spacial score (nSPS) is 14.4. The van der Waals surface area contributed by atoms with Gasteiger partial charge in [0, 0.05) is 42.7 Å². The van der Waals surface area contributed by atoms with Crippen molar-refractivity contribution in [1.29, 1.82) is 0 Å². The van der Waals surface area contributed by atoms with Gasteiger partial charge < -0.3 is 9.55 Å². The second-order valence-corrected chi connectivity index (χ2v) is 16.9. The summed E-state index contributed by atoms with van der Waals surface area (Å²) in [6.45, 7) is 14.1. The fourth-order valence-electron chi connectivity index (χ4n) is 9.51. The maximum Gasteiger partial charge on any atom is 0.329 e. The van der Waals surface area contributed by atoms with Crippen LogP contribution in [0.25, 0.3) is 42.4 Å². The van der Waals surface area contributed by atoms with Gasteiger partial charge in [0.1, 0.15) is 11.5 Å². The number of benzene rings is 6. The zero-order valence-electron chi connectivity index (χ0n) is 29.4. The molecular weight excluding hydrogens is 624 g/mol. The van der Waals surface area contributed by atoms with E-state index < -0.39 is 0 Å². The van der Waals surface area contributed by atoms with E-state index in [2.05, 4.69) is 143 Å². The van der Waals surface area contributed by atoms with Gasteiger partial charge in [-0.1, -0.05) is 108 Å². The molecule has 5 heterocycles. The van der Waals surface area contributed by atoms with E-state index in [0.717, 1.165) is 11.5 Å². The van der Waals surface area contributed by atoms with Crippen molar-refractivity contribution in [1.82, 2.24) is 0 Å². The standard InChI is InChI=1S/C45H37B2NOS/c1-23(2)26-11-13-29-31-15-18-39-42-44(31)48-43-33(19-28(25(5)6)22-37(43)46(42)36-21-27(24(3)4)12-17-38(36)49-39)41-34(47(48)35(29)20-26)16-14-32-30-9-7-8-10-40(30)50-45(32)41/h7-25H,1-6H3. The minimum atomic E-state index is 0.0628. The quantitative estimate of drug-likeness (QED) is 0.175. The maximum atomic E-state index is 6.88. The monoisotopic (exact) mass is 661 g/mol. The Bertz CT molecular complexity index is 2650. The van der Waals surface area contributed by atoms with Gasteiger partial charge in [-0.2, -0.15) is 0 Å². The topological polar surface area (TPSA) is 12.5 Å². The summed E-state index contributed by atoms with van der Waals surface area (Å²) >= 11 is 1.97. The molecule has 11 rings (SSSR count). The molecular formula is C45H37B2NOS. The number of fused-ring (bicyclic) bond motifs is 13. The molecule has 0 aliphatic carbocycles. The molecule has 0 N–H and O–H groups in total. The highest BCUT2D eigenvalue weighted by Gasteiger charge is 2.52. The third kappa shape index (κ3) is 3.61. The average Bonchev–Trinajstić information content (AvgIpc) is 3.51. The molecule has 0 bridgehead atoms. The van der Waals surface area contributed by atoms with Crippen LogP contribution < -0.4 is 36.9 Å². The number of rotatable bonds is 3. The predicted octanol–water partition coefficient (Wildman–Crippen LogP) is 9.26. The van der Waals surface area contributed by atoms with Crippen molar-refractivity contribution in [3.05, 3.63) is 114 Å². The van der Waals surface area contributed by atoms with Crippen molar-refractivity contribution in [2.45, 2.75) is 59.3 Å². The van der Waals surface area contributed by atoms with Crippen LogP contribution in [0.4, 0.5) is 11.4 Å². The summed E-state index contributed by atoms with van der Waals surface area (Å²) in [5.74, 6) is 3.25. The third-order valence-corrected chi connectivity index (χ3v) is 13.3. The number of hydrogen-bond acceptors (Lipinski definition) is 3. The molecule has 0 saturated carbocycles. The van der Waals surface area contributed by atoms with Gasteiger partial charge in [-0.15, -0.1) is 11.3 Å². The molecule has 4 aliphatic rings. The van der Waals surface area contributed by atoms with E-state index in [-0.39, 0.29) is 13.6 Å². The van der Waals surface area contributed by atoms with Gasteiger partial charge in [0.15, 0.2) is 0 Å². The lowest BCUT2D eigenvalue weighted by Crippen LogP contribution is -2.68. The van der Waals surface area contributed by atoms with Crippen molar-refractivity contribution in [2.75, 3.05) is 4.81 Å². The summed E-state index contributed by atoms with van der Waals surface area (Å²) in [7, 11) is 0. The lowest BCUT2D eigenvalue weighted by molar-refractivity contribution is 0.487. The van der Waals surface area contributed by atoms with Crippen LogP contribution in [0.5, 0.6) is 11.5 Å². The van der Waals surface area contributed by atoms with Gasteiger partial charge in [0.05, 0.1) is 0 Å². The van der Waals surface area contributed by atoms with Crippen LogP contribution in [-0.4, -0.2) is 13.6 Å². The highest BCUT2D eigenvalue weighted by Crippen LogP contribution is 2.52. The van der Waals surface area contributed by atoms with Gasteiger partial charge >= 0.3 is 6.85 Å². The van der Waals surface area contributed by atoms with Crippen molar-refractivity contribution >= 4 is 83.8 Å². The zero-order chi connectivity index (χ0) is 33.7. The Balaban J connectivity index is 1.34. The van der Waals surface area contributed by atoms with Crippen LogP contribution in [0.3, 0.4) is 0 Å². The molecule has 2 nitrogen and oxygen atoms in total. The first-order valence-corrected chi connectivity index (χ1v) is 19.1. The van der Waals surface area contributed by atoms with Gasteiger partial charge in [-0.25, -0.2) is 0 Å². The Labute approximate surface area is 298 Å². The van der Waals surface area contributed by atoms with E-state index in [1.807, 2.05) is 11.3 Å². The fourth-order valence-corrected chi connectivity index (χ4v) is 10.8. The zero-order valence-corrected chi connectivity index (χ0v) is 30.2. The SMILES string of the molecule is CC(C)c1ccc2c(c1)B1c3cc(C(C)C)cc4c3N3B(c5cc(C(C)C)ccc5-c5ccc(c1c53)O2)c1ccc2c(sc3ccccc32)c1-4. The molecule has 0 saturated heterocycles. The summed E-state index contributed by atoms with van der Waals surface area (Å²) in [5.41, 5.74) is 19.2. The smallest absolute Gasteiger partial charge is 0.329 e. The van der Waals surface area contributed by atoms with Crippen molar-refractivity contribution in [3.63, 3.8) is 0 Å². The number of nitrogens with zero attached hydrogens (tertiary/aromatic N) is 1. The Morgan fingerprint density at radius 1 is 0.560 bits per heavy atom. The molecule has 6 aromatic carbocycles. The van der Waals surface area contributed by atoms with Crippen molar-refractivity contribution in [3.8, 4) is 33.8 Å². The summed E-state index contributed by atoms with van der Waals surface area (Å²) in [4.78, 5) is 2.74. The molecule has 50 heavy (non-hydrogen) atoms. The van der Waals surface area contributed by atoms with Gasteiger partial charge in [-0.05, 0) is 103 Å².